The predicted molar refractivity (Wildman–Crippen MR) is 142 cm³/mol. The van der Waals surface area contributed by atoms with E-state index in [1.54, 1.807) is 61.5 Å². The summed E-state index contributed by atoms with van der Waals surface area (Å²) in [5, 5.41) is 3.38. The second kappa shape index (κ2) is 11.3. The van der Waals surface area contributed by atoms with Crippen molar-refractivity contribution in [1.82, 2.24) is 0 Å². The molecule has 0 aliphatic rings. The lowest BCUT2D eigenvalue weighted by atomic mass is 10.1. The van der Waals surface area contributed by atoms with E-state index in [0.717, 1.165) is 0 Å². The first-order valence-corrected chi connectivity index (χ1v) is 11.9. The zero-order chi connectivity index (χ0) is 26.5. The summed E-state index contributed by atoms with van der Waals surface area (Å²) in [7, 11) is 3.03. The zero-order valence-corrected chi connectivity index (χ0v) is 21.5. The molecule has 1 unspecified atom stereocenters. The number of benzene rings is 3. The van der Waals surface area contributed by atoms with Gasteiger partial charge in [-0.05, 0) is 62.4 Å². The summed E-state index contributed by atoms with van der Waals surface area (Å²) in [5.74, 6) is 0.984. The highest BCUT2D eigenvalue weighted by atomic mass is 35.5. The normalized spacial score (nSPS) is 11.6. The lowest BCUT2D eigenvalue weighted by Gasteiger charge is -2.18. The van der Waals surface area contributed by atoms with Crippen LogP contribution in [0.1, 0.15) is 13.8 Å². The smallest absolute Gasteiger partial charge is 0.265 e. The van der Waals surface area contributed by atoms with Gasteiger partial charge in [0.15, 0.2) is 23.4 Å². The van der Waals surface area contributed by atoms with E-state index < -0.39 is 17.4 Å². The number of halogens is 1. The molecule has 0 aliphatic heterocycles. The molecule has 8 nitrogen and oxygen atoms in total. The van der Waals surface area contributed by atoms with Crippen molar-refractivity contribution in [1.29, 1.82) is 0 Å². The third-order valence-corrected chi connectivity index (χ3v) is 5.80. The largest absolute Gasteiger partial charge is 0.493 e. The molecule has 4 aromatic rings. The summed E-state index contributed by atoms with van der Waals surface area (Å²) >= 11 is 6.13. The van der Waals surface area contributed by atoms with Crippen molar-refractivity contribution in [3.63, 3.8) is 0 Å². The van der Waals surface area contributed by atoms with Crippen LogP contribution in [0.4, 0.5) is 5.69 Å². The number of hydrogen-bond acceptors (Lipinski definition) is 7. The number of hydrogen-bond donors (Lipinski definition) is 1. The van der Waals surface area contributed by atoms with Crippen molar-refractivity contribution >= 4 is 34.2 Å². The fourth-order valence-electron chi connectivity index (χ4n) is 3.74. The van der Waals surface area contributed by atoms with Crippen molar-refractivity contribution in [2.45, 2.75) is 20.0 Å². The number of amides is 1. The van der Waals surface area contributed by atoms with Gasteiger partial charge in [0.05, 0.1) is 31.9 Å². The van der Waals surface area contributed by atoms with E-state index in [4.69, 9.17) is 35.0 Å². The Hall–Kier alpha value is -4.17. The molecular formula is C28H26ClNO7. The second-order valence-corrected chi connectivity index (χ2v) is 8.41. The van der Waals surface area contributed by atoms with E-state index in [1.165, 1.54) is 20.3 Å². The predicted octanol–water partition coefficient (Wildman–Crippen LogP) is 5.94. The lowest BCUT2D eigenvalue weighted by molar-refractivity contribution is -0.122. The van der Waals surface area contributed by atoms with E-state index in [2.05, 4.69) is 5.32 Å². The molecule has 4 rings (SSSR count). The molecule has 0 bridgehead atoms. The van der Waals surface area contributed by atoms with Gasteiger partial charge in [-0.25, -0.2) is 0 Å². The molecule has 0 saturated carbocycles. The molecule has 1 N–H and O–H groups in total. The molecule has 3 aromatic carbocycles. The molecule has 0 saturated heterocycles. The Kier molecular flexibility index (Phi) is 7.89. The summed E-state index contributed by atoms with van der Waals surface area (Å²) in [6.07, 6.45) is -1.06. The minimum atomic E-state index is -1.06. The average molecular weight is 524 g/mol. The van der Waals surface area contributed by atoms with E-state index >= 15 is 0 Å². The minimum absolute atomic E-state index is 0.134. The molecule has 37 heavy (non-hydrogen) atoms. The standard InChI is InChI=1S/C28H26ClNO7/c1-5-35-22-9-7-6-8-20(22)30-28(32)16(2)36-27-25(31)19-15-18(29)11-13-21(19)37-26(27)17-10-12-23(33-3)24(14-17)34-4/h6-16H,5H2,1-4H3,(H,30,32). The summed E-state index contributed by atoms with van der Waals surface area (Å²) in [5.41, 5.74) is 0.829. The van der Waals surface area contributed by atoms with E-state index in [1.807, 2.05) is 6.92 Å². The van der Waals surface area contributed by atoms with Crippen LogP contribution in [0.5, 0.6) is 23.0 Å². The van der Waals surface area contributed by atoms with Gasteiger partial charge in [-0.15, -0.1) is 0 Å². The summed E-state index contributed by atoms with van der Waals surface area (Å²) < 4.78 is 28.4. The highest BCUT2D eigenvalue weighted by molar-refractivity contribution is 6.31. The van der Waals surface area contributed by atoms with Crippen LogP contribution in [0.2, 0.25) is 5.02 Å². The number of ether oxygens (including phenoxy) is 4. The molecule has 0 aliphatic carbocycles. The molecule has 0 radical (unpaired) electrons. The number of para-hydroxylation sites is 2. The molecule has 1 atom stereocenters. The number of rotatable bonds is 9. The quantitative estimate of drug-likeness (QED) is 0.290. The van der Waals surface area contributed by atoms with Crippen LogP contribution in [0.3, 0.4) is 0 Å². The maximum atomic E-state index is 13.6. The number of fused-ring (bicyclic) bond motifs is 1. The number of nitrogens with one attached hydrogen (secondary N) is 1. The number of anilines is 1. The summed E-state index contributed by atoms with van der Waals surface area (Å²) in [6, 6.07) is 16.8. The van der Waals surface area contributed by atoms with Crippen molar-refractivity contribution in [3.8, 4) is 34.3 Å². The van der Waals surface area contributed by atoms with Crippen molar-refractivity contribution in [2.75, 3.05) is 26.1 Å². The summed E-state index contributed by atoms with van der Waals surface area (Å²) in [6.45, 7) is 3.83. The zero-order valence-electron chi connectivity index (χ0n) is 20.8. The molecule has 9 heteroatoms. The monoisotopic (exact) mass is 523 g/mol. The fourth-order valence-corrected chi connectivity index (χ4v) is 3.91. The van der Waals surface area contributed by atoms with E-state index in [-0.39, 0.29) is 16.9 Å². The highest BCUT2D eigenvalue weighted by Crippen LogP contribution is 2.37. The van der Waals surface area contributed by atoms with E-state index in [0.29, 0.717) is 45.7 Å². The van der Waals surface area contributed by atoms with Crippen LogP contribution in [-0.4, -0.2) is 32.8 Å². The maximum Gasteiger partial charge on any atom is 0.265 e. The second-order valence-electron chi connectivity index (χ2n) is 7.98. The van der Waals surface area contributed by atoms with Gasteiger partial charge in [0, 0.05) is 10.6 Å². The van der Waals surface area contributed by atoms with Gasteiger partial charge in [-0.1, -0.05) is 23.7 Å². The van der Waals surface area contributed by atoms with Crippen LogP contribution in [0.15, 0.2) is 69.9 Å². The van der Waals surface area contributed by atoms with Gasteiger partial charge >= 0.3 is 0 Å². The third kappa shape index (κ3) is 5.49. The van der Waals surface area contributed by atoms with Crippen LogP contribution >= 0.6 is 11.6 Å². The van der Waals surface area contributed by atoms with Crippen LogP contribution in [0, 0.1) is 0 Å². The maximum absolute atomic E-state index is 13.6. The highest BCUT2D eigenvalue weighted by Gasteiger charge is 2.24. The molecule has 0 spiro atoms. The van der Waals surface area contributed by atoms with Crippen molar-refractivity contribution < 1.29 is 28.2 Å². The Labute approximate surface area is 218 Å². The Morgan fingerprint density at radius 3 is 2.49 bits per heavy atom. The Morgan fingerprint density at radius 1 is 1.00 bits per heavy atom. The Bertz CT molecular complexity index is 1500. The van der Waals surface area contributed by atoms with Crippen LogP contribution in [0.25, 0.3) is 22.3 Å². The number of carbonyl (C=O) groups excluding carboxylic acids is 1. The van der Waals surface area contributed by atoms with Gasteiger partial charge in [0.2, 0.25) is 11.2 Å². The minimum Gasteiger partial charge on any atom is -0.493 e. The first kappa shape index (κ1) is 25.9. The SMILES string of the molecule is CCOc1ccccc1NC(=O)C(C)Oc1c(-c2ccc(OC)c(OC)c2)oc2ccc(Cl)cc2c1=O. The lowest BCUT2D eigenvalue weighted by Crippen LogP contribution is -2.32. The molecule has 1 amide bonds. The van der Waals surface area contributed by atoms with Crippen molar-refractivity contribution in [2.24, 2.45) is 0 Å². The molecule has 1 heterocycles. The Balaban J connectivity index is 1.76. The first-order chi connectivity index (χ1) is 17.9. The third-order valence-electron chi connectivity index (χ3n) is 5.57. The van der Waals surface area contributed by atoms with Crippen LogP contribution in [-0.2, 0) is 4.79 Å². The Morgan fingerprint density at radius 2 is 1.76 bits per heavy atom. The van der Waals surface area contributed by atoms with Gasteiger partial charge in [0.1, 0.15) is 11.3 Å². The topological polar surface area (TPSA) is 96.2 Å². The van der Waals surface area contributed by atoms with Crippen molar-refractivity contribution in [3.05, 3.63) is 75.9 Å². The number of methoxy groups -OCH3 is 2. The van der Waals surface area contributed by atoms with Crippen LogP contribution < -0.4 is 29.7 Å². The van der Waals surface area contributed by atoms with Gasteiger partial charge in [0.25, 0.3) is 5.91 Å². The molecular weight excluding hydrogens is 498 g/mol. The van der Waals surface area contributed by atoms with E-state index in [9.17, 15) is 9.59 Å². The molecule has 0 fully saturated rings. The average Bonchev–Trinajstić information content (AvgIpc) is 2.91. The van der Waals surface area contributed by atoms with Gasteiger partial charge in [-0.3, -0.25) is 9.59 Å². The number of carbonyl (C=O) groups is 1. The van der Waals surface area contributed by atoms with Gasteiger partial charge in [-0.2, -0.15) is 0 Å². The van der Waals surface area contributed by atoms with Gasteiger partial charge < -0.3 is 28.7 Å². The fraction of sp³-hybridized carbons (Fsp3) is 0.214. The summed E-state index contributed by atoms with van der Waals surface area (Å²) in [4.78, 5) is 26.6. The first-order valence-electron chi connectivity index (χ1n) is 11.5. The molecule has 192 valence electrons. The molecule has 1 aromatic heterocycles.